The number of aldehydes is 1. The molecule has 180 valence electrons. The molecule has 3 rings (SSSR count). The van der Waals surface area contributed by atoms with E-state index >= 15 is 0 Å². The molecule has 0 radical (unpaired) electrons. The van der Waals surface area contributed by atoms with Crippen LogP contribution in [-0.2, 0) is 17.5 Å². The molecule has 0 saturated heterocycles. The highest BCUT2D eigenvalue weighted by Crippen LogP contribution is 2.29. The first kappa shape index (κ1) is 27.8. The van der Waals surface area contributed by atoms with Gasteiger partial charge in [0, 0.05) is 0 Å². The van der Waals surface area contributed by atoms with Crippen LogP contribution in [-0.4, -0.2) is 40.7 Å². The van der Waals surface area contributed by atoms with Crippen molar-refractivity contribution >= 4 is 17.2 Å². The average molecular weight is 477 g/mol. The van der Waals surface area contributed by atoms with Crippen LogP contribution in [0.25, 0.3) is 10.9 Å². The van der Waals surface area contributed by atoms with Crippen LogP contribution in [0.5, 0.6) is 0 Å². The zero-order valence-electron chi connectivity index (χ0n) is 17.5. The molecule has 12 heteroatoms. The lowest BCUT2D eigenvalue weighted by molar-refractivity contribution is -0.197. The van der Waals surface area contributed by atoms with E-state index in [9.17, 15) is 35.9 Å². The number of hydrogen-bond donors (Lipinski definition) is 3. The molecule has 0 spiro atoms. The van der Waals surface area contributed by atoms with Gasteiger partial charge in [0.05, 0.1) is 23.0 Å². The highest BCUT2D eigenvalue weighted by molar-refractivity contribution is 5.77. The lowest BCUT2D eigenvalue weighted by Crippen LogP contribution is -2.29. The maximum atomic E-state index is 12.0. The van der Waals surface area contributed by atoms with Gasteiger partial charge in [-0.1, -0.05) is 35.9 Å². The summed E-state index contributed by atoms with van der Waals surface area (Å²) in [7, 11) is 1.81. The topological polar surface area (TPSA) is 95.1 Å². The van der Waals surface area contributed by atoms with Gasteiger partial charge < -0.3 is 20.2 Å². The van der Waals surface area contributed by atoms with E-state index in [2.05, 4.69) is 15.3 Å². The normalized spacial score (nSPS) is 12.2. The summed E-state index contributed by atoms with van der Waals surface area (Å²) in [5.74, 6) is 0.663. The Labute approximate surface area is 184 Å². The number of nitrogens with one attached hydrogen (secondary N) is 2. The van der Waals surface area contributed by atoms with E-state index in [-0.39, 0.29) is 5.56 Å². The van der Waals surface area contributed by atoms with Crippen molar-refractivity contribution < 1.29 is 36.2 Å². The summed E-state index contributed by atoms with van der Waals surface area (Å²) < 4.78 is 68.8. The summed E-state index contributed by atoms with van der Waals surface area (Å²) in [6.07, 6.45) is -12.4. The molecule has 1 unspecified atom stereocenters. The summed E-state index contributed by atoms with van der Waals surface area (Å²) in [6.45, 7) is 2.20. The van der Waals surface area contributed by atoms with Crippen molar-refractivity contribution in [2.75, 3.05) is 7.05 Å². The van der Waals surface area contributed by atoms with Gasteiger partial charge in [-0.2, -0.15) is 26.3 Å². The molecule has 6 nitrogen and oxygen atoms in total. The smallest absolute Gasteiger partial charge is 0.377 e. The van der Waals surface area contributed by atoms with Crippen LogP contribution in [0.2, 0.25) is 0 Å². The van der Waals surface area contributed by atoms with Gasteiger partial charge in [0.15, 0.2) is 6.29 Å². The number of aromatic amines is 1. The van der Waals surface area contributed by atoms with Gasteiger partial charge in [-0.25, -0.2) is 4.98 Å². The first-order valence-electron chi connectivity index (χ1n) is 9.26. The van der Waals surface area contributed by atoms with Gasteiger partial charge in [-0.3, -0.25) is 4.79 Å². The number of H-pyrrole nitrogens is 1. The monoisotopic (exact) mass is 477 g/mol. The maximum absolute atomic E-state index is 12.0. The minimum Gasteiger partial charge on any atom is -0.377 e. The molecule has 2 aromatic carbocycles. The predicted octanol–water partition coefficient (Wildman–Crippen LogP) is 3.76. The Kier molecular flexibility index (Phi) is 10.2. The molecule has 0 aliphatic carbocycles. The van der Waals surface area contributed by atoms with E-state index in [4.69, 9.17) is 5.11 Å². The molecular weight excluding hydrogens is 456 g/mol. The Morgan fingerprint density at radius 2 is 1.73 bits per heavy atom. The van der Waals surface area contributed by atoms with Crippen molar-refractivity contribution in [3.05, 3.63) is 75.8 Å². The molecule has 0 amide bonds. The number of alkyl halides is 6. The summed E-state index contributed by atoms with van der Waals surface area (Å²) in [6, 6.07) is 12.5. The quantitative estimate of drug-likeness (QED) is 0.395. The van der Waals surface area contributed by atoms with Gasteiger partial charge in [0.25, 0.3) is 5.56 Å². The molecule has 3 aromatic rings. The van der Waals surface area contributed by atoms with E-state index in [1.165, 1.54) is 6.07 Å². The van der Waals surface area contributed by atoms with Crippen molar-refractivity contribution in [1.29, 1.82) is 0 Å². The molecule has 0 aliphatic heterocycles. The number of aryl methyl sites for hydroxylation is 1. The van der Waals surface area contributed by atoms with E-state index in [0.29, 0.717) is 23.3 Å². The Balaban J connectivity index is 0.000000259. The van der Waals surface area contributed by atoms with E-state index in [1.54, 1.807) is 19.1 Å². The summed E-state index contributed by atoms with van der Waals surface area (Å²) >= 11 is 0. The van der Waals surface area contributed by atoms with Crippen LogP contribution >= 0.6 is 0 Å². The van der Waals surface area contributed by atoms with Crippen molar-refractivity contribution in [1.82, 2.24) is 15.3 Å². The molecule has 0 bridgehead atoms. The number of carbonyl (C=O) groups excluding carboxylic acids is 1. The van der Waals surface area contributed by atoms with Gasteiger partial charge in [-0.05, 0) is 32.2 Å². The summed E-state index contributed by atoms with van der Waals surface area (Å²) in [5, 5.41) is 11.3. The van der Waals surface area contributed by atoms with Crippen molar-refractivity contribution in [2.24, 2.45) is 0 Å². The van der Waals surface area contributed by atoms with Gasteiger partial charge in [0.1, 0.15) is 5.82 Å². The number of aliphatic hydroxyl groups excluding tert-OH is 1. The van der Waals surface area contributed by atoms with Crippen LogP contribution in [0, 0.1) is 6.92 Å². The number of hydrogen-bond acceptors (Lipinski definition) is 5. The fourth-order valence-electron chi connectivity index (χ4n) is 2.28. The Morgan fingerprint density at radius 1 is 1.09 bits per heavy atom. The second-order valence-corrected chi connectivity index (χ2v) is 6.55. The van der Waals surface area contributed by atoms with Crippen molar-refractivity contribution in [3.8, 4) is 0 Å². The Bertz CT molecular complexity index is 1100. The molecule has 33 heavy (non-hydrogen) atoms. The van der Waals surface area contributed by atoms with E-state index in [1.807, 2.05) is 25.2 Å². The van der Waals surface area contributed by atoms with E-state index in [0.717, 1.165) is 17.6 Å². The predicted molar refractivity (Wildman–Crippen MR) is 109 cm³/mol. The minimum atomic E-state index is -4.80. The van der Waals surface area contributed by atoms with Gasteiger partial charge in [0.2, 0.25) is 6.10 Å². The highest BCUT2D eigenvalue weighted by atomic mass is 19.4. The average Bonchev–Trinajstić information content (AvgIpc) is 2.73. The number of carbonyl (C=O) groups is 1. The van der Waals surface area contributed by atoms with Crippen molar-refractivity contribution in [2.45, 2.75) is 31.9 Å². The Morgan fingerprint density at radius 3 is 2.18 bits per heavy atom. The van der Waals surface area contributed by atoms with Crippen LogP contribution in [0.3, 0.4) is 0 Å². The lowest BCUT2D eigenvalue weighted by atomic mass is 10.1. The van der Waals surface area contributed by atoms with Crippen LogP contribution < -0.4 is 10.9 Å². The molecule has 1 atom stereocenters. The lowest BCUT2D eigenvalue weighted by Gasteiger charge is -2.05. The number of nitrogens with zero attached hydrogens (tertiary/aromatic N) is 1. The zero-order valence-corrected chi connectivity index (χ0v) is 17.5. The Hall–Kier alpha value is -3.25. The van der Waals surface area contributed by atoms with Gasteiger partial charge >= 0.3 is 12.4 Å². The van der Waals surface area contributed by atoms with Crippen LogP contribution in [0.1, 0.15) is 17.0 Å². The molecule has 3 N–H and O–H groups in total. The number of fused-ring (bicyclic) bond motifs is 1. The molecule has 1 heterocycles. The molecule has 0 fully saturated rings. The van der Waals surface area contributed by atoms with Crippen molar-refractivity contribution in [3.63, 3.8) is 0 Å². The second kappa shape index (κ2) is 12.1. The number of aromatic nitrogens is 2. The third-order valence-electron chi connectivity index (χ3n) is 3.82. The third-order valence-corrected chi connectivity index (χ3v) is 3.82. The second-order valence-electron chi connectivity index (χ2n) is 6.55. The first-order chi connectivity index (χ1) is 15.3. The molecule has 0 aliphatic rings. The number of halogens is 6. The molecular formula is C21H21F6N3O3. The van der Waals surface area contributed by atoms with Crippen LogP contribution in [0.15, 0.2) is 53.3 Å². The van der Waals surface area contributed by atoms with Gasteiger partial charge in [-0.15, -0.1) is 0 Å². The number of benzene rings is 2. The number of rotatable bonds is 3. The van der Waals surface area contributed by atoms with Crippen LogP contribution in [0.4, 0.5) is 26.3 Å². The first-order valence-corrected chi connectivity index (χ1v) is 9.26. The maximum Gasteiger partial charge on any atom is 0.421 e. The molecule has 0 saturated carbocycles. The largest absolute Gasteiger partial charge is 0.421 e. The fraction of sp³-hybridized carbons (Fsp3) is 0.286. The fourth-order valence-corrected chi connectivity index (χ4v) is 2.28. The minimum absolute atomic E-state index is 0.0825. The number of para-hydroxylation sites is 1. The molecule has 1 aromatic heterocycles. The summed E-state index contributed by atoms with van der Waals surface area (Å²) in [4.78, 5) is 27.8. The van der Waals surface area contributed by atoms with E-state index < -0.39 is 30.3 Å². The third kappa shape index (κ3) is 9.41. The number of aliphatic hydroxyl groups is 1. The SMILES string of the molecule is CNCc1nc2ccccc2c(=O)[nH]1.Cc1cccc(C(F)(F)F)c1.O=CC(O)C(F)(F)F. The highest BCUT2D eigenvalue weighted by Gasteiger charge is 2.37. The summed E-state index contributed by atoms with van der Waals surface area (Å²) in [5.41, 5.74) is 0.694. The standard InChI is InChI=1S/C10H11N3O.C8H7F3.C3H3F3O2/c1-11-6-9-12-8-5-3-2-4-7(8)10(14)13-9;1-6-3-2-4-7(5-6)8(9,10)11;4-3(5,6)2(8)1-7/h2-5,11H,6H2,1H3,(H,12,13,14);2-5H,1H3;1-2,8H. The zero-order chi connectivity index (χ0) is 25.2.